The molecule has 1 fully saturated rings. The van der Waals surface area contributed by atoms with Gasteiger partial charge in [-0.2, -0.15) is 5.26 Å². The highest BCUT2D eigenvalue weighted by Crippen LogP contribution is 2.16. The predicted molar refractivity (Wildman–Crippen MR) is 80.7 cm³/mol. The lowest BCUT2D eigenvalue weighted by Crippen LogP contribution is -2.26. The van der Waals surface area contributed by atoms with Gasteiger partial charge in [0.25, 0.3) is 5.91 Å². The fourth-order valence-electron chi connectivity index (χ4n) is 2.24. The van der Waals surface area contributed by atoms with E-state index in [0.717, 1.165) is 31.7 Å². The maximum absolute atomic E-state index is 12.1. The molecule has 5 heteroatoms. The smallest absolute Gasteiger partial charge is 0.267 e. The zero-order valence-electron chi connectivity index (χ0n) is 12.1. The summed E-state index contributed by atoms with van der Waals surface area (Å²) in [4.78, 5) is 14.1. The van der Waals surface area contributed by atoms with Crippen molar-refractivity contribution < 1.29 is 9.53 Å². The largest absolute Gasteiger partial charge is 0.497 e. The van der Waals surface area contributed by atoms with Crippen molar-refractivity contribution >= 4 is 11.6 Å². The van der Waals surface area contributed by atoms with E-state index in [1.165, 1.54) is 6.42 Å². The standard InChI is InChI=1S/C16H19N3O2/c1-21-15-7-5-14(6-8-15)18-16(20)13(11-17)12-19-9-3-2-4-10-19/h5-8,12H,2-4,9-10H2,1H3,(H,18,20)/b13-12-. The second kappa shape index (κ2) is 7.34. The van der Waals surface area contributed by atoms with Crippen molar-refractivity contribution in [1.82, 2.24) is 4.90 Å². The quantitative estimate of drug-likeness (QED) is 0.682. The molecule has 1 saturated heterocycles. The van der Waals surface area contributed by atoms with E-state index in [-0.39, 0.29) is 11.5 Å². The van der Waals surface area contributed by atoms with E-state index in [1.807, 2.05) is 11.0 Å². The SMILES string of the molecule is COc1ccc(NC(=O)/C(C#N)=C\N2CCCCC2)cc1. The minimum absolute atomic E-state index is 0.132. The van der Waals surface area contributed by atoms with Gasteiger partial charge in [0.2, 0.25) is 0 Å². The van der Waals surface area contributed by atoms with E-state index >= 15 is 0 Å². The number of nitriles is 1. The Balaban J connectivity index is 2.02. The first-order valence-electron chi connectivity index (χ1n) is 7.04. The van der Waals surface area contributed by atoms with Crippen molar-refractivity contribution in [3.63, 3.8) is 0 Å². The average Bonchev–Trinajstić information content (AvgIpc) is 2.54. The highest BCUT2D eigenvalue weighted by atomic mass is 16.5. The number of hydrogen-bond acceptors (Lipinski definition) is 4. The van der Waals surface area contributed by atoms with Gasteiger partial charge >= 0.3 is 0 Å². The Morgan fingerprint density at radius 2 is 1.95 bits per heavy atom. The normalized spacial score (nSPS) is 15.2. The van der Waals surface area contributed by atoms with Gasteiger partial charge in [0.1, 0.15) is 17.4 Å². The summed E-state index contributed by atoms with van der Waals surface area (Å²) in [5, 5.41) is 11.9. The molecule has 1 aliphatic rings. The highest BCUT2D eigenvalue weighted by molar-refractivity contribution is 6.06. The van der Waals surface area contributed by atoms with Crippen molar-refractivity contribution in [1.29, 1.82) is 5.26 Å². The summed E-state index contributed by atoms with van der Waals surface area (Å²) in [5.41, 5.74) is 0.772. The molecule has 1 aromatic carbocycles. The molecule has 0 spiro atoms. The number of carbonyl (C=O) groups is 1. The lowest BCUT2D eigenvalue weighted by atomic mass is 10.1. The zero-order chi connectivity index (χ0) is 15.1. The number of nitrogens with one attached hydrogen (secondary N) is 1. The van der Waals surface area contributed by atoms with Gasteiger partial charge in [0.15, 0.2) is 0 Å². The predicted octanol–water partition coefficient (Wildman–Crippen LogP) is 2.53. The van der Waals surface area contributed by atoms with E-state index in [0.29, 0.717) is 5.69 Å². The van der Waals surface area contributed by atoms with Crippen LogP contribution in [0.5, 0.6) is 5.75 Å². The monoisotopic (exact) mass is 285 g/mol. The highest BCUT2D eigenvalue weighted by Gasteiger charge is 2.13. The summed E-state index contributed by atoms with van der Waals surface area (Å²) in [7, 11) is 1.59. The summed E-state index contributed by atoms with van der Waals surface area (Å²) >= 11 is 0. The summed E-state index contributed by atoms with van der Waals surface area (Å²) in [6, 6.07) is 8.98. The molecule has 0 unspecified atom stereocenters. The van der Waals surface area contributed by atoms with Crippen molar-refractivity contribution in [3.8, 4) is 11.8 Å². The van der Waals surface area contributed by atoms with Crippen LogP contribution >= 0.6 is 0 Å². The van der Waals surface area contributed by atoms with Crippen LogP contribution in [0.15, 0.2) is 36.0 Å². The Bertz CT molecular complexity index is 552. The van der Waals surface area contributed by atoms with E-state index in [1.54, 1.807) is 37.6 Å². The number of nitrogens with zero attached hydrogens (tertiary/aromatic N) is 2. The molecule has 1 heterocycles. The second-order valence-electron chi connectivity index (χ2n) is 4.93. The van der Waals surface area contributed by atoms with Gasteiger partial charge in [0, 0.05) is 25.0 Å². The topological polar surface area (TPSA) is 65.4 Å². The molecule has 0 saturated carbocycles. The Labute approximate surface area is 124 Å². The third-order valence-corrected chi connectivity index (χ3v) is 3.42. The van der Waals surface area contributed by atoms with E-state index in [9.17, 15) is 4.79 Å². The number of piperidine rings is 1. The molecule has 1 N–H and O–H groups in total. The fraction of sp³-hybridized carbons (Fsp3) is 0.375. The first-order chi connectivity index (χ1) is 10.2. The van der Waals surface area contributed by atoms with Gasteiger partial charge in [-0.05, 0) is 43.5 Å². The minimum Gasteiger partial charge on any atom is -0.497 e. The molecule has 0 atom stereocenters. The van der Waals surface area contributed by atoms with Crippen LogP contribution in [-0.2, 0) is 4.79 Å². The number of likely N-dealkylation sites (tertiary alicyclic amines) is 1. The van der Waals surface area contributed by atoms with Crippen molar-refractivity contribution in [2.45, 2.75) is 19.3 Å². The Morgan fingerprint density at radius 3 is 2.52 bits per heavy atom. The number of anilines is 1. The molecule has 1 aliphatic heterocycles. The first kappa shape index (κ1) is 14.9. The Hall–Kier alpha value is -2.48. The van der Waals surface area contributed by atoms with Crippen LogP contribution in [0, 0.1) is 11.3 Å². The van der Waals surface area contributed by atoms with Gasteiger partial charge in [-0.1, -0.05) is 0 Å². The summed E-state index contributed by atoms with van der Waals surface area (Å²) < 4.78 is 5.06. The van der Waals surface area contributed by atoms with Crippen LogP contribution in [0.3, 0.4) is 0 Å². The number of amides is 1. The molecule has 2 rings (SSSR count). The number of methoxy groups -OCH3 is 1. The van der Waals surface area contributed by atoms with E-state index in [2.05, 4.69) is 5.32 Å². The van der Waals surface area contributed by atoms with Crippen LogP contribution in [0.1, 0.15) is 19.3 Å². The summed E-state index contributed by atoms with van der Waals surface area (Å²) in [5.74, 6) is 0.339. The van der Waals surface area contributed by atoms with Crippen molar-refractivity contribution in [2.75, 3.05) is 25.5 Å². The lowest BCUT2D eigenvalue weighted by molar-refractivity contribution is -0.112. The Kier molecular flexibility index (Phi) is 5.22. The molecule has 0 aromatic heterocycles. The lowest BCUT2D eigenvalue weighted by Gasteiger charge is -2.25. The van der Waals surface area contributed by atoms with E-state index in [4.69, 9.17) is 10.00 Å². The van der Waals surface area contributed by atoms with Gasteiger partial charge in [-0.25, -0.2) is 0 Å². The van der Waals surface area contributed by atoms with Crippen molar-refractivity contribution in [3.05, 3.63) is 36.0 Å². The second-order valence-corrected chi connectivity index (χ2v) is 4.93. The number of benzene rings is 1. The maximum atomic E-state index is 12.1. The summed E-state index contributed by atoms with van der Waals surface area (Å²) in [6.45, 7) is 1.81. The number of ether oxygens (including phenoxy) is 1. The fourth-order valence-corrected chi connectivity index (χ4v) is 2.24. The summed E-state index contributed by atoms with van der Waals surface area (Å²) in [6.07, 6.45) is 5.09. The average molecular weight is 285 g/mol. The molecular weight excluding hydrogens is 266 g/mol. The molecule has 0 radical (unpaired) electrons. The van der Waals surface area contributed by atoms with Crippen LogP contribution < -0.4 is 10.1 Å². The third kappa shape index (κ3) is 4.25. The Morgan fingerprint density at radius 1 is 1.29 bits per heavy atom. The van der Waals surface area contributed by atoms with Crippen LogP contribution in [0.25, 0.3) is 0 Å². The minimum atomic E-state index is -0.381. The van der Waals surface area contributed by atoms with E-state index < -0.39 is 0 Å². The zero-order valence-corrected chi connectivity index (χ0v) is 12.1. The third-order valence-electron chi connectivity index (χ3n) is 3.42. The molecule has 1 amide bonds. The molecule has 1 aromatic rings. The van der Waals surface area contributed by atoms with Gasteiger partial charge in [-0.3, -0.25) is 4.79 Å². The maximum Gasteiger partial charge on any atom is 0.267 e. The van der Waals surface area contributed by atoms with Crippen LogP contribution in [0.4, 0.5) is 5.69 Å². The van der Waals surface area contributed by atoms with Crippen LogP contribution in [0.2, 0.25) is 0 Å². The van der Waals surface area contributed by atoms with Crippen molar-refractivity contribution in [2.24, 2.45) is 0 Å². The first-order valence-corrected chi connectivity index (χ1v) is 7.04. The molecule has 0 bridgehead atoms. The molecule has 0 aliphatic carbocycles. The van der Waals surface area contributed by atoms with Gasteiger partial charge in [0.05, 0.1) is 7.11 Å². The van der Waals surface area contributed by atoms with Crippen LogP contribution in [-0.4, -0.2) is 31.0 Å². The number of carbonyl (C=O) groups excluding carboxylic acids is 1. The molecule has 21 heavy (non-hydrogen) atoms. The van der Waals surface area contributed by atoms with Gasteiger partial charge in [-0.15, -0.1) is 0 Å². The number of hydrogen-bond donors (Lipinski definition) is 1. The number of rotatable bonds is 4. The van der Waals surface area contributed by atoms with Gasteiger partial charge < -0.3 is 15.0 Å². The molecular formula is C16H19N3O2. The molecule has 110 valence electrons. The molecule has 5 nitrogen and oxygen atoms in total.